The molecule has 12 heteroatoms. The van der Waals surface area contributed by atoms with E-state index in [2.05, 4.69) is 22.4 Å². The molecule has 9 nitrogen and oxygen atoms in total. The molecule has 1 saturated heterocycles. The van der Waals surface area contributed by atoms with Crippen LogP contribution >= 0.6 is 34.7 Å². The lowest BCUT2D eigenvalue weighted by Gasteiger charge is -2.22. The Labute approximate surface area is 275 Å². The van der Waals surface area contributed by atoms with Gasteiger partial charge >= 0.3 is 5.97 Å². The molecule has 3 heterocycles. The van der Waals surface area contributed by atoms with Crippen molar-refractivity contribution in [2.24, 2.45) is 0 Å². The fourth-order valence-electron chi connectivity index (χ4n) is 4.82. The Bertz CT molecular complexity index is 1730. The Morgan fingerprint density at radius 3 is 2.40 bits per heavy atom. The molecule has 230 valence electrons. The minimum Gasteiger partial charge on any atom is -0.490 e. The van der Waals surface area contributed by atoms with Crippen molar-refractivity contribution in [2.75, 3.05) is 38.3 Å². The number of halogens is 1. The van der Waals surface area contributed by atoms with Crippen LogP contribution in [-0.4, -0.2) is 55.3 Å². The van der Waals surface area contributed by atoms with Gasteiger partial charge in [-0.25, -0.2) is 9.97 Å². The molecular formula is C33H31ClN6O3S2. The van der Waals surface area contributed by atoms with Gasteiger partial charge in [-0.05, 0) is 56.6 Å². The fraction of sp³-hybridized carbons (Fsp3) is 0.303. The van der Waals surface area contributed by atoms with Crippen molar-refractivity contribution in [3.05, 3.63) is 75.8 Å². The molecule has 4 aromatic rings. The molecule has 1 N–H and O–H groups in total. The molecule has 2 aromatic carbocycles. The third-order valence-electron chi connectivity index (χ3n) is 7.30. The molecule has 0 radical (unpaired) electrons. The minimum atomic E-state index is -0.393. The number of thioether (sulfide) groups is 1. The zero-order valence-electron chi connectivity index (χ0n) is 24.9. The molecule has 2 aromatic heterocycles. The van der Waals surface area contributed by atoms with Crippen molar-refractivity contribution >= 4 is 46.5 Å². The quantitative estimate of drug-likeness (QED) is 0.1000. The highest BCUT2D eigenvalue weighted by Gasteiger charge is 2.26. The smallest absolute Gasteiger partial charge is 0.322 e. The lowest BCUT2D eigenvalue weighted by atomic mass is 9.96. The molecule has 0 spiro atoms. The number of hydrogen-bond donors (Lipinski definition) is 1. The van der Waals surface area contributed by atoms with Crippen molar-refractivity contribution in [2.45, 2.75) is 36.6 Å². The second kappa shape index (κ2) is 15.2. The highest BCUT2D eigenvalue weighted by Crippen LogP contribution is 2.40. The third kappa shape index (κ3) is 7.75. The molecule has 0 aliphatic carbocycles. The van der Waals surface area contributed by atoms with E-state index in [1.54, 1.807) is 37.4 Å². The number of pyridine rings is 1. The zero-order valence-corrected chi connectivity index (χ0v) is 27.3. The number of likely N-dealkylation sites (N-methyl/N-ethyl adjacent to an activating group) is 1. The lowest BCUT2D eigenvalue weighted by Crippen LogP contribution is -2.33. The Hall–Kier alpha value is -4.13. The van der Waals surface area contributed by atoms with Gasteiger partial charge in [-0.15, -0.1) is 11.3 Å². The van der Waals surface area contributed by atoms with E-state index in [-0.39, 0.29) is 19.2 Å². The van der Waals surface area contributed by atoms with Gasteiger partial charge < -0.3 is 19.7 Å². The average molecular weight is 659 g/mol. The minimum absolute atomic E-state index is 0.119. The molecule has 1 aliphatic heterocycles. The predicted molar refractivity (Wildman–Crippen MR) is 178 cm³/mol. The summed E-state index contributed by atoms with van der Waals surface area (Å²) in [5.74, 6) is 1.35. The fourth-order valence-corrected chi connectivity index (χ4v) is 6.75. The number of thiazole rings is 1. The molecule has 5 rings (SSSR count). The molecule has 1 fully saturated rings. The number of nitrogens with one attached hydrogen (secondary N) is 1. The van der Waals surface area contributed by atoms with E-state index in [1.165, 1.54) is 11.8 Å². The van der Waals surface area contributed by atoms with Crippen LogP contribution < -0.4 is 15.0 Å². The van der Waals surface area contributed by atoms with Crippen LogP contribution in [0.1, 0.15) is 36.6 Å². The van der Waals surface area contributed by atoms with Crippen LogP contribution in [0.3, 0.4) is 0 Å². The van der Waals surface area contributed by atoms with Gasteiger partial charge in [0.1, 0.15) is 58.6 Å². The first-order chi connectivity index (χ1) is 21.9. The summed E-state index contributed by atoms with van der Waals surface area (Å²) in [5.41, 5.74) is 3.88. The van der Waals surface area contributed by atoms with Crippen LogP contribution in [0.2, 0.25) is 5.02 Å². The Morgan fingerprint density at radius 2 is 1.73 bits per heavy atom. The molecule has 1 aliphatic rings. The van der Waals surface area contributed by atoms with Crippen molar-refractivity contribution in [3.63, 3.8) is 0 Å². The lowest BCUT2D eigenvalue weighted by molar-refractivity contribution is -0.146. The molecule has 1 atom stereocenters. The molecule has 45 heavy (non-hydrogen) atoms. The zero-order chi connectivity index (χ0) is 31.8. The van der Waals surface area contributed by atoms with E-state index in [1.807, 2.05) is 41.8 Å². The number of ether oxygens (including phenoxy) is 2. The number of carbonyl (C=O) groups is 1. The van der Waals surface area contributed by atoms with Crippen molar-refractivity contribution in [3.8, 4) is 39.6 Å². The SMILES string of the molecule is CN[C@@H](C)C(=O)OCCOc1ccc(-c2c(C#N)c(SCc3csc(-c4ccc(Cl)cc4)n3)nc(N3CCCC3)c2C#N)cc1. The van der Waals surface area contributed by atoms with E-state index in [0.717, 1.165) is 42.2 Å². The number of anilines is 1. The highest BCUT2D eigenvalue weighted by molar-refractivity contribution is 7.98. The molecule has 0 bridgehead atoms. The topological polar surface area (TPSA) is 124 Å². The number of hydrogen-bond acceptors (Lipinski definition) is 11. The van der Waals surface area contributed by atoms with Gasteiger partial charge in [-0.2, -0.15) is 10.5 Å². The van der Waals surface area contributed by atoms with Gasteiger partial charge in [0, 0.05) is 40.4 Å². The van der Waals surface area contributed by atoms with Crippen LogP contribution in [0.25, 0.3) is 21.7 Å². The van der Waals surface area contributed by atoms with Crippen LogP contribution in [0.5, 0.6) is 5.75 Å². The van der Waals surface area contributed by atoms with Crippen molar-refractivity contribution in [1.29, 1.82) is 10.5 Å². The van der Waals surface area contributed by atoms with Gasteiger partial charge in [-0.1, -0.05) is 47.6 Å². The van der Waals surface area contributed by atoms with E-state index in [9.17, 15) is 15.3 Å². The molecule has 0 saturated carbocycles. The summed E-state index contributed by atoms with van der Waals surface area (Å²) in [5, 5.41) is 27.7. The van der Waals surface area contributed by atoms with Crippen LogP contribution in [-0.2, 0) is 15.3 Å². The summed E-state index contributed by atoms with van der Waals surface area (Å²) >= 11 is 9.04. The van der Waals surface area contributed by atoms with E-state index < -0.39 is 6.04 Å². The average Bonchev–Trinajstić information content (AvgIpc) is 3.78. The van der Waals surface area contributed by atoms with Gasteiger partial charge in [0.15, 0.2) is 0 Å². The molecule has 0 amide bonds. The van der Waals surface area contributed by atoms with Crippen LogP contribution in [0.4, 0.5) is 5.82 Å². The van der Waals surface area contributed by atoms with E-state index in [4.69, 9.17) is 31.0 Å². The molecule has 0 unspecified atom stereocenters. The summed E-state index contributed by atoms with van der Waals surface area (Å²) in [6.45, 7) is 3.65. The van der Waals surface area contributed by atoms with Crippen molar-refractivity contribution < 1.29 is 14.3 Å². The van der Waals surface area contributed by atoms with Crippen LogP contribution in [0.15, 0.2) is 58.9 Å². The Balaban J connectivity index is 1.40. The van der Waals surface area contributed by atoms with E-state index >= 15 is 0 Å². The highest BCUT2D eigenvalue weighted by atomic mass is 35.5. The summed E-state index contributed by atoms with van der Waals surface area (Å²) in [7, 11) is 1.69. The second-order valence-corrected chi connectivity index (χ2v) is 12.5. The first-order valence-corrected chi connectivity index (χ1v) is 16.7. The summed E-state index contributed by atoms with van der Waals surface area (Å²) < 4.78 is 11.0. The van der Waals surface area contributed by atoms with Gasteiger partial charge in [0.2, 0.25) is 0 Å². The monoisotopic (exact) mass is 658 g/mol. The number of carbonyl (C=O) groups excluding carboxylic acids is 1. The van der Waals surface area contributed by atoms with Gasteiger partial charge in [0.05, 0.1) is 11.3 Å². The number of benzene rings is 2. The maximum Gasteiger partial charge on any atom is 0.322 e. The first kappa shape index (κ1) is 32.3. The Kier molecular flexibility index (Phi) is 10.9. The third-order valence-corrected chi connectivity index (χ3v) is 9.50. The molecular weight excluding hydrogens is 628 g/mol. The first-order valence-electron chi connectivity index (χ1n) is 14.4. The van der Waals surface area contributed by atoms with Crippen LogP contribution in [0, 0.1) is 22.7 Å². The number of rotatable bonds is 12. The van der Waals surface area contributed by atoms with E-state index in [0.29, 0.717) is 49.6 Å². The number of nitriles is 2. The number of nitrogens with zero attached hydrogens (tertiary/aromatic N) is 5. The summed E-state index contributed by atoms with van der Waals surface area (Å²) in [4.78, 5) is 23.7. The number of esters is 1. The maximum absolute atomic E-state index is 11.8. The largest absolute Gasteiger partial charge is 0.490 e. The van der Waals surface area contributed by atoms with Gasteiger partial charge in [-0.3, -0.25) is 4.79 Å². The summed E-state index contributed by atoms with van der Waals surface area (Å²) in [6, 6.07) is 19.1. The standard InChI is InChI=1S/C33H31ClN6O3S2/c1-21(37-2)33(41)43-16-15-42-26-11-7-22(8-12-26)29-27(17-35)30(40-13-3-4-14-40)39-32(28(29)18-36)45-20-25-19-44-31(38-25)23-5-9-24(34)10-6-23/h5-12,19,21,37H,3-4,13-16,20H2,1-2H3/t21-/m0/s1. The normalized spacial score (nSPS) is 13.2. The van der Waals surface area contributed by atoms with Crippen molar-refractivity contribution in [1.82, 2.24) is 15.3 Å². The maximum atomic E-state index is 11.8. The second-order valence-electron chi connectivity index (χ2n) is 10.3. The summed E-state index contributed by atoms with van der Waals surface area (Å²) in [6.07, 6.45) is 2.04. The number of aromatic nitrogens is 2. The predicted octanol–water partition coefficient (Wildman–Crippen LogP) is 6.69. The Morgan fingerprint density at radius 1 is 1.04 bits per heavy atom. The van der Waals surface area contributed by atoms with Gasteiger partial charge in [0.25, 0.3) is 0 Å².